The highest BCUT2D eigenvalue weighted by atomic mass is 32.2. The average molecular weight is 504 g/mol. The number of hydrogen-bond donors (Lipinski definition) is 2. The van der Waals surface area contributed by atoms with E-state index < -0.39 is 17.6 Å². The molecule has 0 aliphatic carbocycles. The SMILES string of the molecule is Cc1ccc(NC2=C(Sc3ccc(NC(=O)CC(C)C)cc3)C(=O)N(c3ccc(F)cc3)C2=O)cc1. The fourth-order valence-corrected chi connectivity index (χ4v) is 4.55. The van der Waals surface area contributed by atoms with Crippen LogP contribution in [-0.2, 0) is 14.4 Å². The van der Waals surface area contributed by atoms with Crippen LogP contribution in [0.4, 0.5) is 21.5 Å². The Balaban J connectivity index is 1.62. The number of amides is 3. The molecule has 0 radical (unpaired) electrons. The van der Waals surface area contributed by atoms with Crippen LogP contribution >= 0.6 is 11.8 Å². The maximum Gasteiger partial charge on any atom is 0.283 e. The maximum absolute atomic E-state index is 13.5. The third kappa shape index (κ3) is 5.83. The average Bonchev–Trinajstić information content (AvgIpc) is 3.06. The summed E-state index contributed by atoms with van der Waals surface area (Å²) in [5.74, 6) is -1.29. The molecule has 3 aromatic rings. The van der Waals surface area contributed by atoms with E-state index in [1.54, 1.807) is 24.3 Å². The van der Waals surface area contributed by atoms with Gasteiger partial charge in [0.2, 0.25) is 5.91 Å². The van der Waals surface area contributed by atoms with Crippen LogP contribution in [0, 0.1) is 18.7 Å². The van der Waals surface area contributed by atoms with Crippen LogP contribution in [0.15, 0.2) is 88.3 Å². The zero-order chi connectivity index (χ0) is 25.8. The summed E-state index contributed by atoms with van der Waals surface area (Å²) in [6, 6.07) is 19.8. The molecule has 1 heterocycles. The standard InChI is InChI=1S/C28H26FN3O3S/c1-17(2)16-24(33)30-20-10-14-23(15-11-20)36-26-25(31-21-8-4-18(3)5-9-21)27(34)32(28(26)35)22-12-6-19(29)7-13-22/h4-15,17,31H,16H2,1-3H3,(H,30,33). The lowest BCUT2D eigenvalue weighted by Gasteiger charge is -2.15. The minimum Gasteiger partial charge on any atom is -0.350 e. The molecule has 6 nitrogen and oxygen atoms in total. The fourth-order valence-electron chi connectivity index (χ4n) is 3.63. The summed E-state index contributed by atoms with van der Waals surface area (Å²) in [6.45, 7) is 5.91. The van der Waals surface area contributed by atoms with Gasteiger partial charge in [-0.25, -0.2) is 9.29 Å². The summed E-state index contributed by atoms with van der Waals surface area (Å²) >= 11 is 1.15. The van der Waals surface area contributed by atoms with E-state index in [4.69, 9.17) is 0 Å². The Hall–Kier alpha value is -3.91. The minimum absolute atomic E-state index is 0.0656. The number of nitrogens with one attached hydrogen (secondary N) is 2. The van der Waals surface area contributed by atoms with Crippen molar-refractivity contribution in [2.75, 3.05) is 15.5 Å². The van der Waals surface area contributed by atoms with E-state index in [2.05, 4.69) is 10.6 Å². The molecule has 3 amide bonds. The predicted molar refractivity (Wildman–Crippen MR) is 141 cm³/mol. The van der Waals surface area contributed by atoms with Crippen molar-refractivity contribution < 1.29 is 18.8 Å². The van der Waals surface area contributed by atoms with Crippen molar-refractivity contribution in [3.05, 3.63) is 94.8 Å². The third-order valence-electron chi connectivity index (χ3n) is 5.40. The lowest BCUT2D eigenvalue weighted by Crippen LogP contribution is -2.32. The molecule has 1 aliphatic rings. The van der Waals surface area contributed by atoms with Crippen LogP contribution in [0.5, 0.6) is 0 Å². The Bertz CT molecular complexity index is 1320. The van der Waals surface area contributed by atoms with Gasteiger partial charge in [0.25, 0.3) is 11.8 Å². The van der Waals surface area contributed by atoms with E-state index in [0.717, 1.165) is 27.1 Å². The first-order valence-corrected chi connectivity index (χ1v) is 12.3. The normalized spacial score (nSPS) is 13.5. The van der Waals surface area contributed by atoms with E-state index in [9.17, 15) is 18.8 Å². The fraction of sp³-hybridized carbons (Fsp3) is 0.179. The van der Waals surface area contributed by atoms with Crippen LogP contribution in [0.1, 0.15) is 25.8 Å². The van der Waals surface area contributed by atoms with E-state index in [1.807, 2.05) is 45.0 Å². The maximum atomic E-state index is 13.5. The smallest absolute Gasteiger partial charge is 0.283 e. The molecule has 2 N–H and O–H groups in total. The molecule has 0 fully saturated rings. The molecule has 0 saturated heterocycles. The number of halogens is 1. The number of thioether (sulfide) groups is 1. The lowest BCUT2D eigenvalue weighted by atomic mass is 10.1. The molecular weight excluding hydrogens is 477 g/mol. The zero-order valence-corrected chi connectivity index (χ0v) is 21.0. The van der Waals surface area contributed by atoms with Gasteiger partial charge in [-0.3, -0.25) is 14.4 Å². The van der Waals surface area contributed by atoms with Gasteiger partial charge in [0.15, 0.2) is 0 Å². The number of anilines is 3. The number of hydrogen-bond acceptors (Lipinski definition) is 5. The number of carbonyl (C=O) groups excluding carboxylic acids is 3. The van der Waals surface area contributed by atoms with Gasteiger partial charge in [0.1, 0.15) is 16.4 Å². The quantitative estimate of drug-likeness (QED) is 0.363. The van der Waals surface area contributed by atoms with Crippen molar-refractivity contribution in [1.82, 2.24) is 0 Å². The molecule has 1 aliphatic heterocycles. The Morgan fingerprint density at radius 3 is 2.11 bits per heavy atom. The molecule has 0 bridgehead atoms. The topological polar surface area (TPSA) is 78.5 Å². The predicted octanol–water partition coefficient (Wildman–Crippen LogP) is 6.11. The first-order chi connectivity index (χ1) is 17.2. The lowest BCUT2D eigenvalue weighted by molar-refractivity contribution is -0.120. The van der Waals surface area contributed by atoms with Gasteiger partial charge in [-0.05, 0) is 73.5 Å². The molecule has 4 rings (SSSR count). The Morgan fingerprint density at radius 2 is 1.50 bits per heavy atom. The summed E-state index contributed by atoms with van der Waals surface area (Å²) in [7, 11) is 0. The van der Waals surface area contributed by atoms with E-state index in [0.29, 0.717) is 17.8 Å². The molecular formula is C28H26FN3O3S. The van der Waals surface area contributed by atoms with Crippen molar-refractivity contribution in [2.24, 2.45) is 5.92 Å². The second-order valence-electron chi connectivity index (χ2n) is 8.89. The number of benzene rings is 3. The van der Waals surface area contributed by atoms with Crippen molar-refractivity contribution in [2.45, 2.75) is 32.1 Å². The summed E-state index contributed by atoms with van der Waals surface area (Å²) in [5.41, 5.74) is 2.81. The summed E-state index contributed by atoms with van der Waals surface area (Å²) in [5, 5.41) is 5.96. The molecule has 8 heteroatoms. The van der Waals surface area contributed by atoms with E-state index in [-0.39, 0.29) is 28.1 Å². The summed E-state index contributed by atoms with van der Waals surface area (Å²) in [6.07, 6.45) is 0.424. The first-order valence-electron chi connectivity index (χ1n) is 11.5. The van der Waals surface area contributed by atoms with Crippen molar-refractivity contribution >= 4 is 46.5 Å². The van der Waals surface area contributed by atoms with Gasteiger partial charge in [0, 0.05) is 22.7 Å². The molecule has 0 saturated carbocycles. The third-order valence-corrected chi connectivity index (χ3v) is 6.49. The number of carbonyl (C=O) groups is 3. The van der Waals surface area contributed by atoms with Crippen LogP contribution < -0.4 is 15.5 Å². The number of aryl methyl sites for hydroxylation is 1. The highest BCUT2D eigenvalue weighted by Gasteiger charge is 2.40. The molecule has 0 spiro atoms. The van der Waals surface area contributed by atoms with Gasteiger partial charge < -0.3 is 10.6 Å². The second-order valence-corrected chi connectivity index (χ2v) is 9.97. The van der Waals surface area contributed by atoms with Crippen LogP contribution in [0.25, 0.3) is 0 Å². The van der Waals surface area contributed by atoms with Crippen LogP contribution in [0.3, 0.4) is 0 Å². The van der Waals surface area contributed by atoms with E-state index in [1.165, 1.54) is 24.3 Å². The Kier molecular flexibility index (Phi) is 7.55. The first kappa shape index (κ1) is 25.2. The van der Waals surface area contributed by atoms with Gasteiger partial charge in [-0.1, -0.05) is 43.3 Å². The number of rotatable bonds is 8. The molecule has 0 aromatic heterocycles. The van der Waals surface area contributed by atoms with Crippen molar-refractivity contribution in [1.29, 1.82) is 0 Å². The summed E-state index contributed by atoms with van der Waals surface area (Å²) < 4.78 is 13.5. The van der Waals surface area contributed by atoms with Gasteiger partial charge in [-0.15, -0.1) is 0 Å². The molecule has 3 aromatic carbocycles. The van der Waals surface area contributed by atoms with Gasteiger partial charge >= 0.3 is 0 Å². The van der Waals surface area contributed by atoms with Crippen LogP contribution in [0.2, 0.25) is 0 Å². The Labute approximate surface area is 213 Å². The molecule has 0 atom stereocenters. The van der Waals surface area contributed by atoms with Gasteiger partial charge in [-0.2, -0.15) is 0 Å². The van der Waals surface area contributed by atoms with Crippen LogP contribution in [-0.4, -0.2) is 17.7 Å². The molecule has 0 unspecified atom stereocenters. The van der Waals surface area contributed by atoms with E-state index >= 15 is 0 Å². The Morgan fingerprint density at radius 1 is 0.889 bits per heavy atom. The summed E-state index contributed by atoms with van der Waals surface area (Å²) in [4.78, 5) is 40.8. The number of nitrogens with zero attached hydrogens (tertiary/aromatic N) is 1. The highest BCUT2D eigenvalue weighted by molar-refractivity contribution is 8.04. The highest BCUT2D eigenvalue weighted by Crippen LogP contribution is 2.38. The minimum atomic E-state index is -0.521. The monoisotopic (exact) mass is 503 g/mol. The molecule has 36 heavy (non-hydrogen) atoms. The zero-order valence-electron chi connectivity index (χ0n) is 20.2. The second kappa shape index (κ2) is 10.8. The molecule has 184 valence electrons. The largest absolute Gasteiger partial charge is 0.350 e. The van der Waals surface area contributed by atoms with Crippen molar-refractivity contribution in [3.8, 4) is 0 Å². The number of imide groups is 1. The van der Waals surface area contributed by atoms with Gasteiger partial charge in [0.05, 0.1) is 5.69 Å². The van der Waals surface area contributed by atoms with Crippen molar-refractivity contribution in [3.63, 3.8) is 0 Å².